The van der Waals surface area contributed by atoms with Crippen molar-refractivity contribution >= 4 is 18.2 Å². The molecule has 0 amide bonds. The minimum atomic E-state index is -0.494. The van der Waals surface area contributed by atoms with Crippen molar-refractivity contribution < 1.29 is 13.9 Å². The van der Waals surface area contributed by atoms with Gasteiger partial charge >= 0.3 is 5.97 Å². The number of nitrogens with one attached hydrogen (secondary N) is 1. The molecule has 0 atom stereocenters. The van der Waals surface area contributed by atoms with E-state index in [0.29, 0.717) is 17.3 Å². The smallest absolute Gasteiger partial charge is 0.342 e. The summed E-state index contributed by atoms with van der Waals surface area (Å²) in [4.78, 5) is 18.8. The largest absolute Gasteiger partial charge is 0.465 e. The molecule has 2 aromatic heterocycles. The monoisotopic (exact) mass is 278 g/mol. The number of methoxy groups -OCH3 is 1. The summed E-state index contributed by atoms with van der Waals surface area (Å²) in [6, 6.07) is 3.71. The van der Waals surface area contributed by atoms with Crippen molar-refractivity contribution in [1.29, 1.82) is 0 Å². The highest BCUT2D eigenvalue weighted by Gasteiger charge is 2.16. The zero-order chi connectivity index (χ0) is 14.0. The van der Waals surface area contributed by atoms with Crippen molar-refractivity contribution in [3.63, 3.8) is 0 Å². The van der Waals surface area contributed by atoms with Crippen molar-refractivity contribution in [2.45, 2.75) is 20.3 Å². The Bertz CT molecular complexity index is 673. The van der Waals surface area contributed by atoms with Crippen LogP contribution in [0.4, 0.5) is 0 Å². The predicted molar refractivity (Wildman–Crippen MR) is 72.6 cm³/mol. The summed E-state index contributed by atoms with van der Waals surface area (Å²) >= 11 is 5.13. The molecule has 0 saturated carbocycles. The Balaban J connectivity index is 2.51. The molecule has 0 fully saturated rings. The van der Waals surface area contributed by atoms with Crippen LogP contribution in [0.15, 0.2) is 16.5 Å². The summed E-state index contributed by atoms with van der Waals surface area (Å²) in [6.07, 6.45) is 0.806. The van der Waals surface area contributed by atoms with Gasteiger partial charge in [0.2, 0.25) is 0 Å². The standard InChI is InChI=1S/C13H14N2O3S/c1-4-8-5-6-9(18-8)11-14-7(2)10(12(19)15-11)13(16)17-3/h5-6H,4H2,1-3H3,(H,14,15,19). The van der Waals surface area contributed by atoms with Crippen molar-refractivity contribution in [3.8, 4) is 11.6 Å². The molecule has 0 bridgehead atoms. The third-order valence-corrected chi connectivity index (χ3v) is 3.04. The highest BCUT2D eigenvalue weighted by molar-refractivity contribution is 7.71. The lowest BCUT2D eigenvalue weighted by atomic mass is 10.2. The van der Waals surface area contributed by atoms with Crippen LogP contribution in [-0.4, -0.2) is 23.0 Å². The number of rotatable bonds is 3. The van der Waals surface area contributed by atoms with Crippen LogP contribution in [0.1, 0.15) is 28.7 Å². The van der Waals surface area contributed by atoms with E-state index < -0.39 is 5.97 Å². The summed E-state index contributed by atoms with van der Waals surface area (Å²) in [5, 5.41) is 0. The fourth-order valence-electron chi connectivity index (χ4n) is 1.74. The second-order valence-corrected chi connectivity index (χ2v) is 4.39. The van der Waals surface area contributed by atoms with Crippen molar-refractivity contribution in [2.75, 3.05) is 7.11 Å². The maximum atomic E-state index is 11.6. The lowest BCUT2D eigenvalue weighted by Gasteiger charge is -2.06. The third-order valence-electron chi connectivity index (χ3n) is 2.74. The van der Waals surface area contributed by atoms with Crippen LogP contribution in [-0.2, 0) is 11.2 Å². The Kier molecular flexibility index (Phi) is 3.80. The Hall–Kier alpha value is -1.95. The number of ether oxygens (including phenoxy) is 1. The van der Waals surface area contributed by atoms with Gasteiger partial charge in [-0.25, -0.2) is 9.78 Å². The first-order chi connectivity index (χ1) is 9.06. The fourth-order valence-corrected chi connectivity index (χ4v) is 2.07. The van der Waals surface area contributed by atoms with Crippen molar-refractivity contribution in [2.24, 2.45) is 0 Å². The lowest BCUT2D eigenvalue weighted by Crippen LogP contribution is -2.08. The first-order valence-electron chi connectivity index (χ1n) is 5.85. The topological polar surface area (TPSA) is 68.1 Å². The molecule has 6 heteroatoms. The van der Waals surface area contributed by atoms with Crippen LogP contribution in [0.5, 0.6) is 0 Å². The van der Waals surface area contributed by atoms with E-state index in [1.54, 1.807) is 6.92 Å². The molecule has 0 unspecified atom stereocenters. The molecule has 19 heavy (non-hydrogen) atoms. The number of furan rings is 1. The van der Waals surface area contributed by atoms with Crippen molar-refractivity contribution in [3.05, 3.63) is 33.8 Å². The van der Waals surface area contributed by atoms with Gasteiger partial charge in [0.05, 0.1) is 7.11 Å². The number of carbonyl (C=O) groups is 1. The molecule has 100 valence electrons. The van der Waals surface area contributed by atoms with Gasteiger partial charge in [-0.05, 0) is 19.1 Å². The van der Waals surface area contributed by atoms with Gasteiger partial charge in [-0.3, -0.25) is 0 Å². The summed E-state index contributed by atoms with van der Waals surface area (Å²) in [5.41, 5.74) is 0.889. The summed E-state index contributed by atoms with van der Waals surface area (Å²) in [5.74, 6) is 1.48. The molecule has 0 aromatic carbocycles. The molecule has 0 aliphatic carbocycles. The van der Waals surface area contributed by atoms with Gasteiger partial charge in [0, 0.05) is 12.1 Å². The number of carbonyl (C=O) groups excluding carboxylic acids is 1. The molecular weight excluding hydrogens is 264 g/mol. The Morgan fingerprint density at radius 3 is 2.79 bits per heavy atom. The van der Waals surface area contributed by atoms with Crippen LogP contribution in [0.2, 0.25) is 0 Å². The molecule has 0 radical (unpaired) electrons. The number of aryl methyl sites for hydroxylation is 2. The maximum Gasteiger partial charge on any atom is 0.342 e. The van der Waals surface area contributed by atoms with Crippen LogP contribution in [0.25, 0.3) is 11.6 Å². The molecule has 5 nitrogen and oxygen atoms in total. The molecule has 2 rings (SSSR count). The van der Waals surface area contributed by atoms with E-state index in [-0.39, 0.29) is 10.2 Å². The second kappa shape index (κ2) is 5.36. The van der Waals surface area contributed by atoms with Crippen LogP contribution >= 0.6 is 12.2 Å². The Morgan fingerprint density at radius 1 is 1.53 bits per heavy atom. The minimum Gasteiger partial charge on any atom is -0.465 e. The molecule has 0 saturated heterocycles. The number of esters is 1. The van der Waals surface area contributed by atoms with Gasteiger partial charge in [-0.1, -0.05) is 19.1 Å². The molecule has 0 spiro atoms. The van der Waals surface area contributed by atoms with Crippen LogP contribution in [0.3, 0.4) is 0 Å². The Labute approximate surface area is 115 Å². The normalized spacial score (nSPS) is 10.5. The van der Waals surface area contributed by atoms with E-state index in [9.17, 15) is 4.79 Å². The highest BCUT2D eigenvalue weighted by atomic mass is 32.1. The van der Waals surface area contributed by atoms with E-state index in [0.717, 1.165) is 12.2 Å². The molecule has 2 heterocycles. The molecular formula is C13H14N2O3S. The number of aromatic amines is 1. The van der Waals surface area contributed by atoms with Crippen LogP contribution in [0, 0.1) is 11.6 Å². The Morgan fingerprint density at radius 2 is 2.26 bits per heavy atom. The lowest BCUT2D eigenvalue weighted by molar-refractivity contribution is 0.0598. The van der Waals surface area contributed by atoms with E-state index in [1.807, 2.05) is 19.1 Å². The predicted octanol–water partition coefficient (Wildman–Crippen LogP) is 3.06. The van der Waals surface area contributed by atoms with E-state index in [1.165, 1.54) is 7.11 Å². The number of H-pyrrole nitrogens is 1. The van der Waals surface area contributed by atoms with E-state index in [2.05, 4.69) is 14.7 Å². The summed E-state index contributed by atoms with van der Waals surface area (Å²) in [6.45, 7) is 3.75. The average molecular weight is 278 g/mol. The molecule has 1 N–H and O–H groups in total. The minimum absolute atomic E-state index is 0.201. The van der Waals surface area contributed by atoms with Crippen molar-refractivity contribution in [1.82, 2.24) is 9.97 Å². The second-order valence-electron chi connectivity index (χ2n) is 4.00. The first-order valence-corrected chi connectivity index (χ1v) is 6.26. The SMILES string of the molecule is CCc1ccc(-c2nc(=S)c(C(=O)OC)c(C)[nH]2)o1. The summed E-state index contributed by atoms with van der Waals surface area (Å²) in [7, 11) is 1.31. The number of hydrogen-bond acceptors (Lipinski definition) is 5. The molecule has 2 aromatic rings. The zero-order valence-electron chi connectivity index (χ0n) is 10.9. The first kappa shape index (κ1) is 13.5. The van der Waals surface area contributed by atoms with Gasteiger partial charge in [-0.2, -0.15) is 0 Å². The quantitative estimate of drug-likeness (QED) is 0.690. The van der Waals surface area contributed by atoms with E-state index >= 15 is 0 Å². The third kappa shape index (κ3) is 2.58. The van der Waals surface area contributed by atoms with E-state index in [4.69, 9.17) is 16.6 Å². The number of hydrogen-bond donors (Lipinski definition) is 1. The number of nitrogens with zero attached hydrogens (tertiary/aromatic N) is 1. The van der Waals surface area contributed by atoms with Gasteiger partial charge in [0.25, 0.3) is 0 Å². The zero-order valence-corrected chi connectivity index (χ0v) is 11.8. The highest BCUT2D eigenvalue weighted by Crippen LogP contribution is 2.20. The number of aromatic nitrogens is 2. The fraction of sp³-hybridized carbons (Fsp3) is 0.308. The van der Waals surface area contributed by atoms with Gasteiger partial charge < -0.3 is 14.1 Å². The molecule has 0 aliphatic rings. The average Bonchev–Trinajstić information content (AvgIpc) is 2.86. The van der Waals surface area contributed by atoms with Gasteiger partial charge in [0.15, 0.2) is 11.6 Å². The van der Waals surface area contributed by atoms with Gasteiger partial charge in [0.1, 0.15) is 16.0 Å². The summed E-state index contributed by atoms with van der Waals surface area (Å²) < 4.78 is 10.5. The van der Waals surface area contributed by atoms with Gasteiger partial charge in [-0.15, -0.1) is 0 Å². The maximum absolute atomic E-state index is 11.6. The van der Waals surface area contributed by atoms with Crippen LogP contribution < -0.4 is 0 Å². The molecule has 0 aliphatic heterocycles.